The summed E-state index contributed by atoms with van der Waals surface area (Å²) in [7, 11) is 0. The van der Waals surface area contributed by atoms with Gasteiger partial charge in [-0.1, -0.05) is 35.9 Å². The lowest BCUT2D eigenvalue weighted by Crippen LogP contribution is -2.56. The molecule has 5 aromatic carbocycles. The van der Waals surface area contributed by atoms with Crippen molar-refractivity contribution < 1.29 is 78.8 Å². The van der Waals surface area contributed by atoms with Crippen molar-refractivity contribution in [3.63, 3.8) is 0 Å². The number of nitrogens with one attached hydrogen (secondary N) is 5. The molecule has 23 nitrogen and oxygen atoms in total. The third-order valence-corrected chi connectivity index (χ3v) is 11.9. The molecule has 6 unspecified atom stereocenters. The molecule has 5 aliphatic rings. The van der Waals surface area contributed by atoms with Gasteiger partial charge in [0.1, 0.15) is 71.2 Å². The van der Waals surface area contributed by atoms with Gasteiger partial charge < -0.3 is 83.3 Å². The van der Waals surface area contributed by atoms with Crippen LogP contribution in [0, 0.1) is 0 Å². The van der Waals surface area contributed by atoms with Crippen LogP contribution in [-0.2, 0) is 33.6 Å². The van der Waals surface area contributed by atoms with E-state index in [1.165, 1.54) is 42.5 Å². The number of aliphatic carboxylic acids is 1. The fourth-order valence-corrected chi connectivity index (χ4v) is 8.32. The van der Waals surface area contributed by atoms with Crippen LogP contribution in [0.2, 0.25) is 5.02 Å². The molecule has 0 saturated carbocycles. The molecule has 0 radical (unpaired) electrons. The van der Waals surface area contributed by atoms with Gasteiger partial charge in [-0.25, -0.2) is 4.79 Å². The number of ether oxygens (including phenoxy) is 2. The molecule has 16 N–H and O–H groups in total. The fraction of sp³-hybridized carbons (Fsp3) is 0.196. The molecule has 0 aromatic heterocycles. The molecule has 0 fully saturated rings. The Kier molecular flexibility index (Phi) is 12.8. The van der Waals surface area contributed by atoms with Crippen molar-refractivity contribution in [3.05, 3.63) is 118 Å². The average molecular weight is 982 g/mol. The van der Waals surface area contributed by atoms with Crippen molar-refractivity contribution in [2.45, 2.75) is 54.9 Å². The Morgan fingerprint density at radius 2 is 1.24 bits per heavy atom. The summed E-state index contributed by atoms with van der Waals surface area (Å²) in [5.74, 6) is -13.2. The molecule has 0 spiro atoms. The predicted octanol–water partition coefficient (Wildman–Crippen LogP) is 0.951. The Bertz CT molecular complexity index is 3030. The molecule has 6 amide bonds. The number of phenolic OH excluding ortho intramolecular Hbond substituents is 4. The molecule has 362 valence electrons. The molecule has 5 aliphatic heterocycles. The second-order valence-corrected chi connectivity index (χ2v) is 16.7. The lowest BCUT2D eigenvalue weighted by Gasteiger charge is -2.31. The summed E-state index contributed by atoms with van der Waals surface area (Å²) >= 11 is 6.57. The minimum atomic E-state index is -2.12. The molecular weight excluding hydrogens is 942 g/mol. The maximum atomic E-state index is 15.1. The van der Waals surface area contributed by atoms with Crippen molar-refractivity contribution in [1.82, 2.24) is 26.6 Å². The molecule has 0 aliphatic carbocycles. The number of carbonyl (C=O) groups is 7. The van der Waals surface area contributed by atoms with Crippen LogP contribution in [-0.4, -0.2) is 95.3 Å². The second-order valence-electron chi connectivity index (χ2n) is 16.3. The van der Waals surface area contributed by atoms with Crippen LogP contribution in [0.25, 0.3) is 11.1 Å². The van der Waals surface area contributed by atoms with Gasteiger partial charge in [-0.15, -0.1) is 0 Å². The van der Waals surface area contributed by atoms with Gasteiger partial charge in [0.05, 0.1) is 11.4 Å². The Balaban J connectivity index is 1.38. The zero-order valence-corrected chi connectivity index (χ0v) is 36.5. The molecular formula is C46H40ClN7O16. The van der Waals surface area contributed by atoms with E-state index >= 15 is 4.79 Å². The number of halogens is 1. The third-order valence-electron chi connectivity index (χ3n) is 11.6. The molecule has 0 saturated heterocycles. The molecule has 5 aromatic rings. The van der Waals surface area contributed by atoms with E-state index < -0.39 is 142 Å². The van der Waals surface area contributed by atoms with Crippen LogP contribution < -0.4 is 47.5 Å². The number of phenols is 4. The van der Waals surface area contributed by atoms with E-state index in [9.17, 15) is 64.5 Å². The number of aliphatic hydroxyl groups excluding tert-OH is 2. The zero-order chi connectivity index (χ0) is 50.5. The number of carboxylic acid groups (broad SMARTS) is 1. The lowest BCUT2D eigenvalue weighted by molar-refractivity contribution is -0.143. The van der Waals surface area contributed by atoms with Gasteiger partial charge in [-0.2, -0.15) is 0 Å². The number of fused-ring (bicyclic) bond motifs is 15. The number of rotatable bonds is 3. The third kappa shape index (κ3) is 9.31. The van der Waals surface area contributed by atoms with Crippen LogP contribution in [0.5, 0.6) is 46.0 Å². The van der Waals surface area contributed by atoms with Crippen LogP contribution in [0.3, 0.4) is 0 Å². The summed E-state index contributed by atoms with van der Waals surface area (Å²) < 4.78 is 12.1. The molecule has 24 heteroatoms. The van der Waals surface area contributed by atoms with E-state index in [1.807, 2.05) is 0 Å². The predicted molar refractivity (Wildman–Crippen MR) is 239 cm³/mol. The first-order valence-corrected chi connectivity index (χ1v) is 21.2. The van der Waals surface area contributed by atoms with E-state index in [2.05, 4.69) is 26.6 Å². The van der Waals surface area contributed by atoms with Gasteiger partial charge in [0.2, 0.25) is 41.2 Å². The smallest absolute Gasteiger partial charge is 0.330 e. The highest BCUT2D eigenvalue weighted by Gasteiger charge is 2.40. The van der Waals surface area contributed by atoms with Gasteiger partial charge in [0.25, 0.3) is 0 Å². The maximum absolute atomic E-state index is 15.1. The van der Waals surface area contributed by atoms with E-state index in [0.717, 1.165) is 42.5 Å². The van der Waals surface area contributed by atoms with E-state index in [4.69, 9.17) is 32.5 Å². The van der Waals surface area contributed by atoms with Gasteiger partial charge in [-0.05, 0) is 76.9 Å². The lowest BCUT2D eigenvalue weighted by atomic mass is 9.89. The van der Waals surface area contributed by atoms with Gasteiger partial charge in [-0.3, -0.25) is 28.8 Å². The number of aliphatic hydroxyl groups is 2. The number of benzene rings is 5. The number of nitrogens with two attached hydrogens (primary N) is 2. The zero-order valence-electron chi connectivity index (χ0n) is 35.7. The van der Waals surface area contributed by atoms with Crippen LogP contribution in [0.15, 0.2) is 84.9 Å². The van der Waals surface area contributed by atoms with Gasteiger partial charge >= 0.3 is 5.97 Å². The number of hydrogen-bond donors (Lipinski definition) is 14. The standard InChI is InChI=1S/C46H40ClN7O16/c47-24-10-18-4-8-28(24)70-30-12-19-11-29(40(30)61)69-21-5-1-16(2-6-21)39(60)37-45(66)53-36(46(67)68)23-13-20(55)14-27(57)32(23)22-9-17(3-7-26(22)56)34(43(64)54-37)52-44(65)35(19)51-41(62)25(15-31(48)58)50-42(63)33(49)38(18)59/h1-14,25,33-39,55-57,59-61H,15,49H2,(H2,48,58)(H,50,63)(H,51,62)(H,52,65)(H,53,66)(H,54,64)(H,67,68)/t25-,33?,34?,35?,36+,37?,38?,39?/m0/s1. The first kappa shape index (κ1) is 47.8. The average Bonchev–Trinajstić information content (AvgIpc) is 3.30. The number of hydrogen-bond acceptors (Lipinski definition) is 16. The fourth-order valence-electron chi connectivity index (χ4n) is 8.09. The summed E-state index contributed by atoms with van der Waals surface area (Å²) in [6.45, 7) is 0. The summed E-state index contributed by atoms with van der Waals surface area (Å²) in [6, 6.07) is 3.89. The van der Waals surface area contributed by atoms with Gasteiger partial charge in [0.15, 0.2) is 17.5 Å². The number of carbonyl (C=O) groups excluding carboxylic acids is 6. The first-order valence-electron chi connectivity index (χ1n) is 20.8. The summed E-state index contributed by atoms with van der Waals surface area (Å²) in [5.41, 5.74) is 9.68. The molecule has 5 heterocycles. The minimum absolute atomic E-state index is 0.0108. The van der Waals surface area contributed by atoms with Crippen molar-refractivity contribution in [2.75, 3.05) is 0 Å². The van der Waals surface area contributed by atoms with Gasteiger partial charge in [0, 0.05) is 22.8 Å². The van der Waals surface area contributed by atoms with Crippen molar-refractivity contribution in [2.24, 2.45) is 11.5 Å². The highest BCUT2D eigenvalue weighted by atomic mass is 35.5. The monoisotopic (exact) mass is 981 g/mol. The van der Waals surface area contributed by atoms with E-state index in [-0.39, 0.29) is 44.3 Å². The largest absolute Gasteiger partial charge is 0.508 e. The van der Waals surface area contributed by atoms with E-state index in [1.54, 1.807) is 0 Å². The number of primary amides is 1. The molecule has 8 atom stereocenters. The Morgan fingerprint density at radius 1 is 0.614 bits per heavy atom. The van der Waals surface area contributed by atoms with Crippen LogP contribution >= 0.6 is 11.6 Å². The number of aromatic hydroxyl groups is 4. The van der Waals surface area contributed by atoms with Crippen molar-refractivity contribution in [1.29, 1.82) is 0 Å². The molecule has 10 rings (SSSR count). The quantitative estimate of drug-likeness (QED) is 0.120. The molecule has 11 bridgehead atoms. The Labute approximate surface area is 398 Å². The SMILES string of the molecule is NC(=O)C[C@@H]1NC(=O)C(N)C(O)c2ccc(c(Cl)c2)Oc2cc3cc(c2O)Oc2ccc(cc2)C(O)C2NC(=O)C(NC(=O)C3NC1=O)c1ccc(O)c(c1)-c1c(O)cc(O)cc1[C@H](C(=O)O)NC2=O. The summed E-state index contributed by atoms with van der Waals surface area (Å²) in [4.78, 5) is 97.2. The Morgan fingerprint density at radius 3 is 1.91 bits per heavy atom. The molecule has 70 heavy (non-hydrogen) atoms. The number of carboxylic acids is 1. The number of amides is 6. The summed E-state index contributed by atoms with van der Waals surface area (Å²) in [6.07, 6.45) is -4.67. The Hall–Kier alpha value is -8.64. The highest BCUT2D eigenvalue weighted by Crippen LogP contribution is 2.47. The maximum Gasteiger partial charge on any atom is 0.330 e. The van der Waals surface area contributed by atoms with Crippen molar-refractivity contribution >= 4 is 53.0 Å². The van der Waals surface area contributed by atoms with Crippen molar-refractivity contribution in [3.8, 4) is 57.1 Å². The van der Waals surface area contributed by atoms with Crippen LogP contribution in [0.1, 0.15) is 64.6 Å². The normalized spacial score (nSPS) is 23.5. The second kappa shape index (κ2) is 18.8. The van der Waals surface area contributed by atoms with E-state index in [0.29, 0.717) is 0 Å². The minimum Gasteiger partial charge on any atom is -0.508 e. The highest BCUT2D eigenvalue weighted by molar-refractivity contribution is 6.32. The summed E-state index contributed by atoms with van der Waals surface area (Å²) in [5, 5.41) is 89.5. The first-order chi connectivity index (χ1) is 33.2. The van der Waals surface area contributed by atoms with Crippen LogP contribution in [0.4, 0.5) is 0 Å². The topological polar surface area (TPSA) is 392 Å².